The first kappa shape index (κ1) is 19.4. The summed E-state index contributed by atoms with van der Waals surface area (Å²) in [7, 11) is 1.30. The Morgan fingerprint density at radius 1 is 1.27 bits per heavy atom. The summed E-state index contributed by atoms with van der Waals surface area (Å²) >= 11 is 1.44. The van der Waals surface area contributed by atoms with Crippen molar-refractivity contribution in [3.8, 4) is 0 Å². The third kappa shape index (κ3) is 5.55. The van der Waals surface area contributed by atoms with Gasteiger partial charge in [0.1, 0.15) is 5.69 Å². The van der Waals surface area contributed by atoms with E-state index in [2.05, 4.69) is 15.4 Å². The molecule has 2 aromatic rings. The average Bonchev–Trinajstić information content (AvgIpc) is 3.16. The van der Waals surface area contributed by atoms with Gasteiger partial charge in [-0.2, -0.15) is 0 Å². The highest BCUT2D eigenvalue weighted by Crippen LogP contribution is 2.24. The summed E-state index contributed by atoms with van der Waals surface area (Å²) in [5.74, 6) is -0.680. The van der Waals surface area contributed by atoms with E-state index in [1.165, 1.54) is 24.5 Å². The number of carbonyl (C=O) groups is 2. The molecule has 1 aromatic carbocycles. The molecule has 26 heavy (non-hydrogen) atoms. The van der Waals surface area contributed by atoms with Crippen LogP contribution in [-0.2, 0) is 14.3 Å². The number of nitrogens with zero attached hydrogens (tertiary/aromatic N) is 1. The van der Waals surface area contributed by atoms with Crippen LogP contribution in [0.15, 0.2) is 41.8 Å². The molecule has 0 radical (unpaired) electrons. The van der Waals surface area contributed by atoms with Crippen LogP contribution in [0.4, 0.5) is 11.4 Å². The van der Waals surface area contributed by atoms with Gasteiger partial charge in [-0.3, -0.25) is 19.7 Å². The molecule has 1 amide bonds. The Kier molecular flexibility index (Phi) is 7.10. The van der Waals surface area contributed by atoms with E-state index in [0.29, 0.717) is 5.69 Å². The molecule has 1 unspecified atom stereocenters. The summed E-state index contributed by atoms with van der Waals surface area (Å²) < 4.78 is 4.67. The largest absolute Gasteiger partial charge is 0.469 e. The van der Waals surface area contributed by atoms with E-state index >= 15 is 0 Å². The van der Waals surface area contributed by atoms with Crippen LogP contribution >= 0.6 is 11.3 Å². The molecule has 0 aliphatic heterocycles. The molecule has 2 rings (SSSR count). The van der Waals surface area contributed by atoms with Gasteiger partial charge in [-0.25, -0.2) is 0 Å². The van der Waals surface area contributed by atoms with Crippen LogP contribution in [0.3, 0.4) is 0 Å². The monoisotopic (exact) mass is 377 g/mol. The van der Waals surface area contributed by atoms with Crippen LogP contribution in [-0.4, -0.2) is 30.5 Å². The number of anilines is 1. The molecule has 0 saturated heterocycles. The molecule has 0 bridgehead atoms. The Bertz CT molecular complexity index is 764. The maximum atomic E-state index is 12.2. The van der Waals surface area contributed by atoms with E-state index in [1.807, 2.05) is 17.5 Å². The highest BCUT2D eigenvalue weighted by atomic mass is 32.1. The first-order chi connectivity index (χ1) is 12.5. The van der Waals surface area contributed by atoms with Crippen LogP contribution in [0.2, 0.25) is 0 Å². The SMILES string of the molecule is COC(=O)CC(NC(=O)CCNc1ccccc1[N+](=O)[O-])c1cccs1. The van der Waals surface area contributed by atoms with Crippen LogP contribution in [0, 0.1) is 10.1 Å². The van der Waals surface area contributed by atoms with Crippen molar-refractivity contribution in [3.63, 3.8) is 0 Å². The van der Waals surface area contributed by atoms with Gasteiger partial charge in [-0.1, -0.05) is 18.2 Å². The maximum absolute atomic E-state index is 12.2. The molecule has 0 saturated carbocycles. The van der Waals surface area contributed by atoms with Gasteiger partial charge in [0.15, 0.2) is 0 Å². The van der Waals surface area contributed by atoms with Crippen LogP contribution in [0.5, 0.6) is 0 Å². The lowest BCUT2D eigenvalue weighted by atomic mass is 10.1. The van der Waals surface area contributed by atoms with Crippen molar-refractivity contribution in [2.45, 2.75) is 18.9 Å². The summed E-state index contributed by atoms with van der Waals surface area (Å²) in [5.41, 5.74) is 0.310. The molecule has 0 aliphatic carbocycles. The molecule has 8 nitrogen and oxygen atoms in total. The molecule has 0 spiro atoms. The van der Waals surface area contributed by atoms with Crippen molar-refractivity contribution in [1.29, 1.82) is 0 Å². The van der Waals surface area contributed by atoms with Crippen molar-refractivity contribution in [1.82, 2.24) is 5.32 Å². The van der Waals surface area contributed by atoms with E-state index in [-0.39, 0.29) is 31.0 Å². The number of benzene rings is 1. The van der Waals surface area contributed by atoms with Crippen LogP contribution < -0.4 is 10.6 Å². The van der Waals surface area contributed by atoms with E-state index < -0.39 is 16.9 Å². The fourth-order valence-corrected chi connectivity index (χ4v) is 3.10. The Morgan fingerprint density at radius 2 is 2.04 bits per heavy atom. The first-order valence-corrected chi connectivity index (χ1v) is 8.76. The van der Waals surface area contributed by atoms with Crippen molar-refractivity contribution in [2.75, 3.05) is 19.0 Å². The normalized spacial score (nSPS) is 11.4. The fourth-order valence-electron chi connectivity index (χ4n) is 2.32. The average molecular weight is 377 g/mol. The number of carbonyl (C=O) groups excluding carboxylic acids is 2. The zero-order valence-electron chi connectivity index (χ0n) is 14.1. The minimum atomic E-state index is -0.481. The predicted octanol–water partition coefficient (Wildman–Crippen LogP) is 2.88. The molecular formula is C17H19N3O5S. The predicted molar refractivity (Wildman–Crippen MR) is 98.0 cm³/mol. The highest BCUT2D eigenvalue weighted by molar-refractivity contribution is 7.10. The molecule has 138 valence electrons. The second kappa shape index (κ2) is 9.52. The van der Waals surface area contributed by atoms with Crippen molar-refractivity contribution in [2.24, 2.45) is 0 Å². The van der Waals surface area contributed by atoms with Gasteiger partial charge < -0.3 is 15.4 Å². The Balaban J connectivity index is 1.90. The smallest absolute Gasteiger partial charge is 0.307 e. The van der Waals surface area contributed by atoms with Crippen LogP contribution in [0.25, 0.3) is 0 Å². The van der Waals surface area contributed by atoms with Gasteiger partial charge >= 0.3 is 5.97 Å². The lowest BCUT2D eigenvalue weighted by molar-refractivity contribution is -0.384. The molecule has 0 aliphatic rings. The van der Waals surface area contributed by atoms with E-state index in [4.69, 9.17) is 0 Å². The molecule has 1 atom stereocenters. The third-order valence-electron chi connectivity index (χ3n) is 3.59. The van der Waals surface area contributed by atoms with Gasteiger partial charge in [0.25, 0.3) is 5.69 Å². The van der Waals surface area contributed by atoms with Crippen molar-refractivity contribution >= 4 is 34.6 Å². The fraction of sp³-hybridized carbons (Fsp3) is 0.294. The summed E-state index contributed by atoms with van der Waals surface area (Å²) in [6.45, 7) is 0.228. The molecular weight excluding hydrogens is 358 g/mol. The molecule has 1 heterocycles. The quantitative estimate of drug-likeness (QED) is 0.395. The number of esters is 1. The number of hydrogen-bond acceptors (Lipinski definition) is 7. The number of hydrogen-bond donors (Lipinski definition) is 2. The summed E-state index contributed by atoms with van der Waals surface area (Å²) in [4.78, 5) is 35.1. The lowest BCUT2D eigenvalue weighted by Gasteiger charge is -2.16. The van der Waals surface area contributed by atoms with E-state index in [1.54, 1.807) is 18.2 Å². The van der Waals surface area contributed by atoms with Crippen molar-refractivity contribution in [3.05, 3.63) is 56.8 Å². The number of para-hydroxylation sites is 2. The third-order valence-corrected chi connectivity index (χ3v) is 4.57. The van der Waals surface area contributed by atoms with E-state index in [9.17, 15) is 19.7 Å². The Morgan fingerprint density at radius 3 is 2.69 bits per heavy atom. The molecule has 9 heteroatoms. The summed E-state index contributed by atoms with van der Waals surface area (Å²) in [6.07, 6.45) is 0.148. The number of nitro groups is 1. The van der Waals surface area contributed by atoms with Crippen LogP contribution in [0.1, 0.15) is 23.8 Å². The number of ether oxygens (including phenoxy) is 1. The zero-order chi connectivity index (χ0) is 18.9. The Hall–Kier alpha value is -2.94. The standard InChI is InChI=1S/C17H19N3O5S/c1-25-17(22)11-13(15-7-4-10-26-15)19-16(21)8-9-18-12-5-2-3-6-14(12)20(23)24/h2-7,10,13,18H,8-9,11H2,1H3,(H,19,21). The Labute approximate surface area is 154 Å². The number of methoxy groups -OCH3 is 1. The molecule has 0 fully saturated rings. The second-order valence-electron chi connectivity index (χ2n) is 5.37. The van der Waals surface area contributed by atoms with Gasteiger partial charge in [0, 0.05) is 23.9 Å². The number of rotatable bonds is 9. The zero-order valence-corrected chi connectivity index (χ0v) is 15.0. The van der Waals surface area contributed by atoms with Gasteiger partial charge in [0.2, 0.25) is 5.91 Å². The molecule has 2 N–H and O–H groups in total. The number of thiophene rings is 1. The van der Waals surface area contributed by atoms with Gasteiger partial charge in [-0.05, 0) is 17.5 Å². The topological polar surface area (TPSA) is 111 Å². The van der Waals surface area contributed by atoms with Crippen molar-refractivity contribution < 1.29 is 19.2 Å². The second-order valence-corrected chi connectivity index (χ2v) is 6.35. The molecule has 1 aromatic heterocycles. The summed E-state index contributed by atoms with van der Waals surface area (Å²) in [5, 5.41) is 18.5. The number of amides is 1. The summed E-state index contributed by atoms with van der Waals surface area (Å²) in [6, 6.07) is 9.46. The van der Waals surface area contributed by atoms with Gasteiger partial charge in [0.05, 0.1) is 24.5 Å². The maximum Gasteiger partial charge on any atom is 0.307 e. The minimum absolute atomic E-state index is 0.0420. The highest BCUT2D eigenvalue weighted by Gasteiger charge is 2.20. The number of nitro benzene ring substituents is 1. The van der Waals surface area contributed by atoms with E-state index in [0.717, 1.165) is 4.88 Å². The minimum Gasteiger partial charge on any atom is -0.469 e. The lowest BCUT2D eigenvalue weighted by Crippen LogP contribution is -2.31. The first-order valence-electron chi connectivity index (χ1n) is 7.88. The van der Waals surface area contributed by atoms with Gasteiger partial charge in [-0.15, -0.1) is 11.3 Å². The number of nitrogens with one attached hydrogen (secondary N) is 2.